The minimum atomic E-state index is -1.66. The molecule has 24 heavy (non-hydrogen) atoms. The van der Waals surface area contributed by atoms with Crippen molar-refractivity contribution in [2.24, 2.45) is 11.8 Å². The second-order valence-electron chi connectivity index (χ2n) is 7.31. The number of carbonyl (C=O) groups is 2. The maximum absolute atomic E-state index is 14.4. The van der Waals surface area contributed by atoms with Gasteiger partial charge in [0, 0.05) is 38.6 Å². The van der Waals surface area contributed by atoms with E-state index in [0.29, 0.717) is 39.0 Å². The average molecular weight is 331 g/mol. The third-order valence-corrected chi connectivity index (χ3v) is 5.75. The lowest BCUT2D eigenvalue weighted by atomic mass is 9.81. The predicted molar refractivity (Wildman–Crippen MR) is 85.5 cm³/mol. The van der Waals surface area contributed by atoms with E-state index in [1.54, 1.807) is 17.3 Å². The van der Waals surface area contributed by atoms with Crippen molar-refractivity contribution in [3.8, 4) is 0 Å². The molecule has 1 aliphatic carbocycles. The summed E-state index contributed by atoms with van der Waals surface area (Å²) < 4.78 is 14.4. The normalized spacial score (nSPS) is 28.5. The molecule has 2 amide bonds. The van der Waals surface area contributed by atoms with Crippen LogP contribution in [0.15, 0.2) is 24.5 Å². The summed E-state index contributed by atoms with van der Waals surface area (Å²) in [7, 11) is 0. The van der Waals surface area contributed by atoms with Gasteiger partial charge in [-0.3, -0.25) is 14.6 Å². The van der Waals surface area contributed by atoms with Crippen LogP contribution in [0.3, 0.4) is 0 Å². The number of hydrogen-bond donors (Lipinski definition) is 0. The summed E-state index contributed by atoms with van der Waals surface area (Å²) in [6.45, 7) is 2.15. The molecule has 3 fully saturated rings. The van der Waals surface area contributed by atoms with Gasteiger partial charge < -0.3 is 9.80 Å². The van der Waals surface area contributed by atoms with Crippen molar-refractivity contribution >= 4 is 11.8 Å². The summed E-state index contributed by atoms with van der Waals surface area (Å²) in [4.78, 5) is 32.7. The van der Waals surface area contributed by atoms with Gasteiger partial charge in [0.25, 0.3) is 5.91 Å². The third kappa shape index (κ3) is 2.58. The van der Waals surface area contributed by atoms with Crippen LogP contribution in [0.25, 0.3) is 0 Å². The van der Waals surface area contributed by atoms with Gasteiger partial charge in [-0.05, 0) is 43.2 Å². The first-order valence-corrected chi connectivity index (χ1v) is 8.73. The highest BCUT2D eigenvalue weighted by Gasteiger charge is 2.51. The molecule has 1 aromatic heterocycles. The molecular weight excluding hydrogens is 309 g/mol. The Morgan fingerprint density at radius 2 is 2.21 bits per heavy atom. The largest absolute Gasteiger partial charge is 0.339 e. The number of rotatable bonds is 3. The number of amides is 2. The van der Waals surface area contributed by atoms with Crippen molar-refractivity contribution < 1.29 is 14.0 Å². The number of pyridine rings is 1. The van der Waals surface area contributed by atoms with Crippen LogP contribution in [-0.2, 0) is 16.1 Å². The van der Waals surface area contributed by atoms with Gasteiger partial charge in [0.1, 0.15) is 0 Å². The first kappa shape index (κ1) is 15.5. The number of piperidine rings is 1. The molecule has 6 heteroatoms. The van der Waals surface area contributed by atoms with Crippen molar-refractivity contribution in [1.82, 2.24) is 14.8 Å². The van der Waals surface area contributed by atoms with Crippen molar-refractivity contribution in [2.45, 2.75) is 37.9 Å². The van der Waals surface area contributed by atoms with Gasteiger partial charge in [0.05, 0.1) is 5.92 Å². The minimum Gasteiger partial charge on any atom is -0.339 e. The average Bonchev–Trinajstić information content (AvgIpc) is 3.00. The fourth-order valence-corrected chi connectivity index (χ4v) is 4.13. The Morgan fingerprint density at radius 1 is 1.38 bits per heavy atom. The van der Waals surface area contributed by atoms with Crippen LogP contribution < -0.4 is 0 Å². The lowest BCUT2D eigenvalue weighted by Gasteiger charge is -2.35. The summed E-state index contributed by atoms with van der Waals surface area (Å²) in [5, 5.41) is 0. The fraction of sp³-hybridized carbons (Fsp3) is 0.611. The highest BCUT2D eigenvalue weighted by molar-refractivity contribution is 5.88. The number of halogens is 1. The Balaban J connectivity index is 1.43. The molecule has 3 heterocycles. The lowest BCUT2D eigenvalue weighted by Crippen LogP contribution is -2.49. The molecule has 0 unspecified atom stereocenters. The SMILES string of the molecule is O=C1[C@@H]2CN(C(=O)C3(F)CCC3)C[C@H]2CCN1Cc1cccnc1. The highest BCUT2D eigenvalue weighted by Crippen LogP contribution is 2.40. The van der Waals surface area contributed by atoms with Crippen LogP contribution in [0, 0.1) is 11.8 Å². The first-order valence-electron chi connectivity index (χ1n) is 8.73. The monoisotopic (exact) mass is 331 g/mol. The van der Waals surface area contributed by atoms with Gasteiger partial charge in [-0.1, -0.05) is 6.07 Å². The van der Waals surface area contributed by atoms with E-state index < -0.39 is 11.6 Å². The highest BCUT2D eigenvalue weighted by atomic mass is 19.1. The maximum Gasteiger partial charge on any atom is 0.260 e. The van der Waals surface area contributed by atoms with Crippen molar-refractivity contribution in [1.29, 1.82) is 0 Å². The Bertz CT molecular complexity index is 647. The van der Waals surface area contributed by atoms with Crippen molar-refractivity contribution in [2.75, 3.05) is 19.6 Å². The summed E-state index contributed by atoms with van der Waals surface area (Å²) >= 11 is 0. The number of hydrogen-bond acceptors (Lipinski definition) is 3. The summed E-state index contributed by atoms with van der Waals surface area (Å²) in [6.07, 6.45) is 5.80. The standard InChI is InChI=1S/C18H22FN3O2/c19-18(5-2-6-18)17(24)22-11-14-4-8-21(16(23)15(14)12-22)10-13-3-1-7-20-9-13/h1,3,7,9,14-15H,2,4-6,8,10-12H2/t14-,15-/m1/s1. The molecule has 5 nitrogen and oxygen atoms in total. The zero-order valence-electron chi connectivity index (χ0n) is 13.7. The lowest BCUT2D eigenvalue weighted by molar-refractivity contribution is -0.149. The van der Waals surface area contributed by atoms with Crippen LogP contribution in [0.5, 0.6) is 0 Å². The second-order valence-corrected chi connectivity index (χ2v) is 7.31. The van der Waals surface area contributed by atoms with Crippen LogP contribution in [-0.4, -0.2) is 51.9 Å². The molecule has 3 aliphatic rings. The van der Waals surface area contributed by atoms with Crippen LogP contribution >= 0.6 is 0 Å². The third-order valence-electron chi connectivity index (χ3n) is 5.75. The molecule has 0 aromatic carbocycles. The zero-order valence-corrected chi connectivity index (χ0v) is 13.7. The summed E-state index contributed by atoms with van der Waals surface area (Å²) in [5.74, 6) is -0.306. The second kappa shape index (κ2) is 5.83. The molecule has 0 N–H and O–H groups in total. The Labute approximate surface area is 140 Å². The smallest absolute Gasteiger partial charge is 0.260 e. The molecule has 1 aromatic rings. The molecule has 0 radical (unpaired) electrons. The quantitative estimate of drug-likeness (QED) is 0.848. The number of fused-ring (bicyclic) bond motifs is 1. The fourth-order valence-electron chi connectivity index (χ4n) is 4.13. The first-order chi connectivity index (χ1) is 11.6. The van der Waals surface area contributed by atoms with E-state index in [-0.39, 0.29) is 17.7 Å². The number of aromatic nitrogens is 1. The van der Waals surface area contributed by atoms with E-state index in [9.17, 15) is 14.0 Å². The minimum absolute atomic E-state index is 0.0897. The molecule has 1 saturated carbocycles. The molecule has 0 bridgehead atoms. The molecule has 0 spiro atoms. The van der Waals surface area contributed by atoms with Gasteiger partial charge in [0.2, 0.25) is 5.91 Å². The molecule has 4 rings (SSSR count). The Morgan fingerprint density at radius 3 is 2.88 bits per heavy atom. The summed E-state index contributed by atoms with van der Waals surface area (Å²) in [5.41, 5.74) is -0.654. The van der Waals surface area contributed by atoms with Crippen LogP contribution in [0.4, 0.5) is 4.39 Å². The van der Waals surface area contributed by atoms with Gasteiger partial charge in [-0.25, -0.2) is 4.39 Å². The Kier molecular flexibility index (Phi) is 3.77. The van der Waals surface area contributed by atoms with Crippen molar-refractivity contribution in [3.05, 3.63) is 30.1 Å². The van der Waals surface area contributed by atoms with Crippen LogP contribution in [0.2, 0.25) is 0 Å². The summed E-state index contributed by atoms with van der Waals surface area (Å²) in [6, 6.07) is 3.82. The predicted octanol–water partition coefficient (Wildman–Crippen LogP) is 1.78. The zero-order chi connectivity index (χ0) is 16.7. The molecule has 2 aliphatic heterocycles. The van der Waals surface area contributed by atoms with E-state index in [4.69, 9.17) is 0 Å². The van der Waals surface area contributed by atoms with E-state index in [0.717, 1.165) is 18.4 Å². The van der Waals surface area contributed by atoms with Gasteiger partial charge >= 0.3 is 0 Å². The van der Waals surface area contributed by atoms with E-state index in [1.165, 1.54) is 0 Å². The van der Waals surface area contributed by atoms with Gasteiger partial charge in [0.15, 0.2) is 5.67 Å². The topological polar surface area (TPSA) is 53.5 Å². The van der Waals surface area contributed by atoms with E-state index in [1.807, 2.05) is 17.0 Å². The van der Waals surface area contributed by atoms with Crippen LogP contribution in [0.1, 0.15) is 31.2 Å². The van der Waals surface area contributed by atoms with E-state index in [2.05, 4.69) is 4.98 Å². The van der Waals surface area contributed by atoms with Crippen molar-refractivity contribution in [3.63, 3.8) is 0 Å². The molecule has 2 saturated heterocycles. The molecule has 128 valence electrons. The Hall–Kier alpha value is -1.98. The maximum atomic E-state index is 14.4. The molecular formula is C18H22FN3O2. The number of nitrogens with zero attached hydrogens (tertiary/aromatic N) is 3. The van der Waals surface area contributed by atoms with Gasteiger partial charge in [-0.2, -0.15) is 0 Å². The molecule has 2 atom stereocenters. The van der Waals surface area contributed by atoms with E-state index >= 15 is 0 Å². The number of likely N-dealkylation sites (tertiary alicyclic amines) is 2. The van der Waals surface area contributed by atoms with Gasteiger partial charge in [-0.15, -0.1) is 0 Å². The number of alkyl halides is 1. The number of carbonyl (C=O) groups excluding carboxylic acids is 2.